The molecule has 0 spiro atoms. The average Bonchev–Trinajstić information content (AvgIpc) is 3.17. The number of rotatable bonds is 6. The fraction of sp³-hybridized carbons (Fsp3) is 0.0476. The van der Waals surface area contributed by atoms with Crippen LogP contribution in [0, 0.1) is 0 Å². The van der Waals surface area contributed by atoms with Gasteiger partial charge in [-0.2, -0.15) is 0 Å². The molecule has 10 heteroatoms. The maximum absolute atomic E-state index is 12.7. The summed E-state index contributed by atoms with van der Waals surface area (Å²) >= 11 is 0. The fourth-order valence-electron chi connectivity index (χ4n) is 3.07. The number of para-hydroxylation sites is 2. The number of oxazole rings is 1. The van der Waals surface area contributed by atoms with Crippen molar-refractivity contribution in [3.63, 3.8) is 0 Å². The Hall–Kier alpha value is -3.34. The molecule has 0 aliphatic heterocycles. The molecule has 0 fully saturated rings. The Morgan fingerprint density at radius 3 is 2.10 bits per heavy atom. The van der Waals surface area contributed by atoms with Crippen LogP contribution in [0.2, 0.25) is 0 Å². The lowest BCUT2D eigenvalue weighted by atomic mass is 10.1. The third-order valence-electron chi connectivity index (χ3n) is 4.56. The molecule has 0 radical (unpaired) electrons. The first-order valence-electron chi connectivity index (χ1n) is 8.99. The van der Waals surface area contributed by atoms with Crippen LogP contribution in [0.5, 0.6) is 0 Å². The standard InChI is InChI=1S/C21H16N2O6S2/c22-31(27,28)20-8-4-3-7-19(20)30(25,26)13-17(24)14-9-11-15(12-10-14)21-23-16-5-1-2-6-18(16)29-21/h1-12H,13H2,(H2,22,27,28). The molecule has 0 amide bonds. The van der Waals surface area contributed by atoms with Crippen LogP contribution >= 0.6 is 0 Å². The number of carbonyl (C=O) groups is 1. The quantitative estimate of drug-likeness (QED) is 0.440. The van der Waals surface area contributed by atoms with Crippen molar-refractivity contribution in [3.05, 3.63) is 78.4 Å². The summed E-state index contributed by atoms with van der Waals surface area (Å²) < 4.78 is 54.5. The second-order valence-corrected chi connectivity index (χ2v) is 10.2. The Morgan fingerprint density at radius 1 is 0.839 bits per heavy atom. The normalized spacial score (nSPS) is 12.2. The smallest absolute Gasteiger partial charge is 0.239 e. The van der Waals surface area contributed by atoms with Crippen molar-refractivity contribution in [2.45, 2.75) is 9.79 Å². The highest BCUT2D eigenvalue weighted by Gasteiger charge is 2.27. The van der Waals surface area contributed by atoms with E-state index in [0.717, 1.165) is 12.1 Å². The van der Waals surface area contributed by atoms with Gasteiger partial charge in [-0.3, -0.25) is 4.79 Å². The van der Waals surface area contributed by atoms with Crippen molar-refractivity contribution in [3.8, 4) is 11.5 Å². The number of Topliss-reactive ketones (excluding diaryl/α,β-unsaturated/α-hetero) is 1. The number of carbonyl (C=O) groups excluding carboxylic acids is 1. The largest absolute Gasteiger partial charge is 0.436 e. The molecular weight excluding hydrogens is 440 g/mol. The van der Waals surface area contributed by atoms with E-state index >= 15 is 0 Å². The molecule has 158 valence electrons. The van der Waals surface area contributed by atoms with Crippen molar-refractivity contribution >= 4 is 36.7 Å². The molecule has 31 heavy (non-hydrogen) atoms. The summed E-state index contributed by atoms with van der Waals surface area (Å²) in [5, 5.41) is 5.10. The van der Waals surface area contributed by atoms with E-state index in [1.165, 1.54) is 24.3 Å². The van der Waals surface area contributed by atoms with E-state index in [1.54, 1.807) is 18.2 Å². The number of nitrogens with two attached hydrogens (primary N) is 1. The van der Waals surface area contributed by atoms with Crippen LogP contribution in [0.15, 0.2) is 87.0 Å². The van der Waals surface area contributed by atoms with Crippen LogP contribution in [0.3, 0.4) is 0 Å². The number of aromatic nitrogens is 1. The molecule has 3 aromatic carbocycles. The number of primary sulfonamides is 1. The van der Waals surface area contributed by atoms with E-state index in [0.29, 0.717) is 22.6 Å². The highest BCUT2D eigenvalue weighted by atomic mass is 32.2. The first kappa shape index (κ1) is 20.9. The predicted molar refractivity (Wildman–Crippen MR) is 114 cm³/mol. The van der Waals surface area contributed by atoms with Gasteiger partial charge >= 0.3 is 0 Å². The summed E-state index contributed by atoms with van der Waals surface area (Å²) in [6, 6.07) is 18.3. The zero-order valence-corrected chi connectivity index (χ0v) is 17.6. The summed E-state index contributed by atoms with van der Waals surface area (Å²) in [4.78, 5) is 15.9. The molecule has 0 unspecified atom stereocenters. The third kappa shape index (κ3) is 4.26. The van der Waals surface area contributed by atoms with Crippen molar-refractivity contribution in [1.82, 2.24) is 4.98 Å². The van der Waals surface area contributed by atoms with E-state index in [1.807, 2.05) is 18.2 Å². The second-order valence-electron chi connectivity index (χ2n) is 6.74. The lowest BCUT2D eigenvalue weighted by Crippen LogP contribution is -2.21. The minimum Gasteiger partial charge on any atom is -0.436 e. The molecule has 4 rings (SSSR count). The number of nitrogens with zero attached hydrogens (tertiary/aromatic N) is 1. The van der Waals surface area contributed by atoms with E-state index in [9.17, 15) is 21.6 Å². The van der Waals surface area contributed by atoms with Crippen LogP contribution in [0.4, 0.5) is 0 Å². The van der Waals surface area contributed by atoms with Gasteiger partial charge in [-0.25, -0.2) is 27.0 Å². The highest BCUT2D eigenvalue weighted by molar-refractivity contribution is 7.94. The second kappa shape index (κ2) is 7.73. The molecule has 2 N–H and O–H groups in total. The van der Waals surface area contributed by atoms with Gasteiger partial charge in [0.2, 0.25) is 15.9 Å². The lowest BCUT2D eigenvalue weighted by Gasteiger charge is -2.08. The van der Waals surface area contributed by atoms with Gasteiger partial charge in [-0.1, -0.05) is 36.4 Å². The summed E-state index contributed by atoms with van der Waals surface area (Å²) in [6.45, 7) is 0. The number of benzene rings is 3. The minimum absolute atomic E-state index is 0.150. The molecule has 0 bridgehead atoms. The number of fused-ring (bicyclic) bond motifs is 1. The summed E-state index contributed by atoms with van der Waals surface area (Å²) in [6.07, 6.45) is 0. The fourth-order valence-corrected chi connectivity index (χ4v) is 5.74. The molecule has 0 saturated carbocycles. The van der Waals surface area contributed by atoms with Crippen LogP contribution in [-0.2, 0) is 19.9 Å². The summed E-state index contributed by atoms with van der Waals surface area (Å²) in [5.41, 5.74) is 2.08. The van der Waals surface area contributed by atoms with Gasteiger partial charge < -0.3 is 4.42 Å². The maximum Gasteiger partial charge on any atom is 0.239 e. The van der Waals surface area contributed by atoms with Crippen LogP contribution in [-0.4, -0.2) is 33.4 Å². The zero-order valence-electron chi connectivity index (χ0n) is 15.9. The Kier molecular flexibility index (Phi) is 5.21. The van der Waals surface area contributed by atoms with Crippen molar-refractivity contribution in [2.24, 2.45) is 5.14 Å². The number of hydrogen-bond donors (Lipinski definition) is 1. The van der Waals surface area contributed by atoms with Gasteiger partial charge in [0.15, 0.2) is 21.2 Å². The van der Waals surface area contributed by atoms with Gasteiger partial charge in [-0.05, 0) is 36.4 Å². The molecule has 1 aromatic heterocycles. The number of sulfonamides is 1. The van der Waals surface area contributed by atoms with Gasteiger partial charge in [0.25, 0.3) is 0 Å². The van der Waals surface area contributed by atoms with Gasteiger partial charge in [-0.15, -0.1) is 0 Å². The molecule has 0 aliphatic rings. The number of hydrogen-bond acceptors (Lipinski definition) is 7. The average molecular weight is 457 g/mol. The van der Waals surface area contributed by atoms with E-state index in [-0.39, 0.29) is 5.56 Å². The molecule has 0 saturated heterocycles. The first-order valence-corrected chi connectivity index (χ1v) is 12.2. The topological polar surface area (TPSA) is 137 Å². The Labute approximate surface area is 178 Å². The van der Waals surface area contributed by atoms with Crippen LogP contribution < -0.4 is 5.14 Å². The van der Waals surface area contributed by atoms with Crippen LogP contribution in [0.25, 0.3) is 22.6 Å². The van der Waals surface area contributed by atoms with E-state index in [2.05, 4.69) is 4.98 Å². The molecule has 0 aliphatic carbocycles. The van der Waals surface area contributed by atoms with Gasteiger partial charge in [0, 0.05) is 11.1 Å². The predicted octanol–water partition coefficient (Wildman–Crippen LogP) is 2.80. The van der Waals surface area contributed by atoms with Crippen molar-refractivity contribution < 1.29 is 26.0 Å². The Morgan fingerprint density at radius 2 is 1.45 bits per heavy atom. The first-order chi connectivity index (χ1) is 14.6. The highest BCUT2D eigenvalue weighted by Crippen LogP contribution is 2.25. The van der Waals surface area contributed by atoms with Crippen molar-refractivity contribution in [1.29, 1.82) is 0 Å². The number of sulfone groups is 1. The molecule has 8 nitrogen and oxygen atoms in total. The zero-order chi connectivity index (χ0) is 22.2. The minimum atomic E-state index is -4.27. The Balaban J connectivity index is 1.59. The lowest BCUT2D eigenvalue weighted by molar-refractivity contribution is 0.102. The summed E-state index contributed by atoms with van der Waals surface area (Å²) in [7, 11) is -8.51. The van der Waals surface area contributed by atoms with Crippen LogP contribution in [0.1, 0.15) is 10.4 Å². The Bertz CT molecular complexity index is 1470. The molecular formula is C21H16N2O6S2. The van der Waals surface area contributed by atoms with E-state index in [4.69, 9.17) is 9.56 Å². The molecule has 4 aromatic rings. The SMILES string of the molecule is NS(=O)(=O)c1ccccc1S(=O)(=O)CC(=O)c1ccc(-c2nc3ccccc3o2)cc1. The molecule has 1 heterocycles. The van der Waals surface area contributed by atoms with Crippen molar-refractivity contribution in [2.75, 3.05) is 5.75 Å². The number of ketones is 1. The monoisotopic (exact) mass is 456 g/mol. The van der Waals surface area contributed by atoms with Gasteiger partial charge in [0.1, 0.15) is 16.2 Å². The van der Waals surface area contributed by atoms with Gasteiger partial charge in [0.05, 0.1) is 4.90 Å². The summed E-state index contributed by atoms with van der Waals surface area (Å²) in [5.74, 6) is -1.22. The molecule has 0 atom stereocenters. The van der Waals surface area contributed by atoms with E-state index < -0.39 is 41.2 Å². The third-order valence-corrected chi connectivity index (χ3v) is 7.33. The maximum atomic E-state index is 12.7.